The van der Waals surface area contributed by atoms with Gasteiger partial charge in [0.05, 0.1) is 5.41 Å². The number of carbonyl (C=O) groups excluding carboxylic acids is 2. The molecule has 0 amide bonds. The van der Waals surface area contributed by atoms with E-state index in [4.69, 9.17) is 0 Å². The summed E-state index contributed by atoms with van der Waals surface area (Å²) in [4.78, 5) is 33.1. The molecule has 0 aliphatic rings. The third-order valence-corrected chi connectivity index (χ3v) is 6.40. The number of hydrogen-bond donors (Lipinski definition) is 1. The fourth-order valence-corrected chi connectivity index (χ4v) is 4.12. The average molecular weight is 485 g/mol. The molecule has 1 rings (SSSR count). The van der Waals surface area contributed by atoms with E-state index < -0.39 is 11.4 Å². The number of carboxylic acid groups (broad SMARTS) is 1. The monoisotopic (exact) mass is 484 g/mol. The van der Waals surface area contributed by atoms with E-state index in [9.17, 15) is 19.5 Å². The van der Waals surface area contributed by atoms with Crippen molar-refractivity contribution in [2.24, 2.45) is 5.41 Å². The van der Waals surface area contributed by atoms with Gasteiger partial charge in [-0.3, -0.25) is 4.79 Å². The number of hydrogen-bond acceptors (Lipinski definition) is 6. The number of unbranched alkanes of at least 4 members (excludes halogenated alkanes) is 1. The van der Waals surface area contributed by atoms with Crippen LogP contribution in [0.2, 0.25) is 0 Å². The highest BCUT2D eigenvalue weighted by molar-refractivity contribution is 7.99. The Morgan fingerprint density at radius 2 is 1.58 bits per heavy atom. The zero-order valence-electron chi connectivity index (χ0n) is 21.5. The summed E-state index contributed by atoms with van der Waals surface area (Å²) in [6.45, 7) is 6.18. The number of aryl methyl sites for hydroxylation is 1. The number of carboxylic acids is 1. The maximum absolute atomic E-state index is 12.0. The molecule has 1 aromatic carbocycles. The van der Waals surface area contributed by atoms with Crippen LogP contribution in [0.3, 0.4) is 0 Å². The molecule has 7 heteroatoms. The van der Waals surface area contributed by atoms with E-state index in [-0.39, 0.29) is 5.41 Å². The van der Waals surface area contributed by atoms with E-state index in [2.05, 4.69) is 23.3 Å². The zero-order valence-corrected chi connectivity index (χ0v) is 22.3. The van der Waals surface area contributed by atoms with Crippen LogP contribution in [-0.4, -0.2) is 63.6 Å². The fraction of sp³-hybridized carbons (Fsp3) is 0.654. The first-order valence-electron chi connectivity index (χ1n) is 11.2. The maximum atomic E-state index is 12.0. The number of aldehydes is 2. The Kier molecular flexibility index (Phi) is 20.0. The van der Waals surface area contributed by atoms with Crippen molar-refractivity contribution in [1.29, 1.82) is 0 Å². The van der Waals surface area contributed by atoms with Gasteiger partial charge in [0.1, 0.15) is 12.6 Å². The predicted molar refractivity (Wildman–Crippen MR) is 137 cm³/mol. The molecule has 33 heavy (non-hydrogen) atoms. The van der Waals surface area contributed by atoms with E-state index >= 15 is 0 Å². The van der Waals surface area contributed by atoms with Gasteiger partial charge in [0, 0.05) is 40.6 Å². The van der Waals surface area contributed by atoms with Gasteiger partial charge >= 0.3 is 5.97 Å². The minimum Gasteiger partial charge on any atom is -0.481 e. The van der Waals surface area contributed by atoms with Crippen molar-refractivity contribution in [2.75, 3.05) is 39.9 Å². The summed E-state index contributed by atoms with van der Waals surface area (Å²) in [6.07, 6.45) is 6.29. The lowest BCUT2D eigenvalue weighted by atomic mass is 9.76. The van der Waals surface area contributed by atoms with Crippen molar-refractivity contribution in [3.05, 3.63) is 35.4 Å². The Hall–Kier alpha value is -1.70. The zero-order chi connectivity index (χ0) is 25.8. The van der Waals surface area contributed by atoms with E-state index in [1.54, 1.807) is 47.1 Å². The van der Waals surface area contributed by atoms with Crippen LogP contribution in [0.15, 0.2) is 24.3 Å². The third-order valence-electron chi connectivity index (χ3n) is 5.05. The molecule has 0 fully saturated rings. The molecule has 0 spiro atoms. The highest BCUT2D eigenvalue weighted by Gasteiger charge is 2.34. The summed E-state index contributed by atoms with van der Waals surface area (Å²) in [5, 5.41) is 9.86. The van der Waals surface area contributed by atoms with Gasteiger partial charge in [0.25, 0.3) is 0 Å². The minimum atomic E-state index is -0.923. The Balaban J connectivity index is 0. The van der Waals surface area contributed by atoms with E-state index in [0.717, 1.165) is 48.7 Å². The first-order chi connectivity index (χ1) is 15.6. The van der Waals surface area contributed by atoms with Gasteiger partial charge in [0.15, 0.2) is 0 Å². The molecule has 0 saturated heterocycles. The second-order valence-electron chi connectivity index (χ2n) is 8.91. The van der Waals surface area contributed by atoms with Gasteiger partial charge in [-0.2, -0.15) is 11.8 Å². The van der Waals surface area contributed by atoms with Crippen LogP contribution in [0, 0.1) is 5.41 Å². The SMILES string of the molecule is CC(C)(CCCCC(C)(C(=O)O)c1cccc(CCC=O)c1)CSCC=O.COC.COC. The van der Waals surface area contributed by atoms with Crippen molar-refractivity contribution in [3.63, 3.8) is 0 Å². The average Bonchev–Trinajstić information content (AvgIpc) is 2.76. The molecule has 0 aliphatic carbocycles. The Bertz CT molecular complexity index is 660. The lowest BCUT2D eigenvalue weighted by molar-refractivity contribution is -0.143. The van der Waals surface area contributed by atoms with Crippen LogP contribution in [0.25, 0.3) is 0 Å². The van der Waals surface area contributed by atoms with Crippen molar-refractivity contribution in [3.8, 4) is 0 Å². The van der Waals surface area contributed by atoms with Crippen molar-refractivity contribution < 1.29 is 29.0 Å². The summed E-state index contributed by atoms with van der Waals surface area (Å²) in [5.41, 5.74) is 1.02. The lowest BCUT2D eigenvalue weighted by Crippen LogP contribution is -2.32. The highest BCUT2D eigenvalue weighted by atomic mass is 32.2. The number of rotatable bonds is 14. The van der Waals surface area contributed by atoms with E-state index in [0.29, 0.717) is 25.0 Å². The smallest absolute Gasteiger partial charge is 0.313 e. The summed E-state index contributed by atoms with van der Waals surface area (Å²) in [7, 11) is 6.50. The van der Waals surface area contributed by atoms with Crippen LogP contribution in [0.5, 0.6) is 0 Å². The predicted octanol–water partition coefficient (Wildman–Crippen LogP) is 5.20. The van der Waals surface area contributed by atoms with Gasteiger partial charge < -0.3 is 24.2 Å². The topological polar surface area (TPSA) is 89.9 Å². The Morgan fingerprint density at radius 3 is 2.09 bits per heavy atom. The van der Waals surface area contributed by atoms with E-state index in [1.807, 2.05) is 24.3 Å². The summed E-state index contributed by atoms with van der Waals surface area (Å²) < 4.78 is 8.50. The third kappa shape index (κ3) is 15.7. The molecule has 0 bridgehead atoms. The van der Waals surface area contributed by atoms with Crippen LogP contribution in [0.1, 0.15) is 64.0 Å². The molecule has 190 valence electrons. The fourth-order valence-electron chi connectivity index (χ4n) is 3.21. The van der Waals surface area contributed by atoms with Gasteiger partial charge in [-0.05, 0) is 48.5 Å². The first kappa shape index (κ1) is 33.5. The number of carbonyl (C=O) groups is 3. The van der Waals surface area contributed by atoms with Crippen LogP contribution >= 0.6 is 11.8 Å². The number of aliphatic carboxylic acids is 1. The molecule has 0 heterocycles. The molecule has 0 aliphatic heterocycles. The number of thioether (sulfide) groups is 1. The lowest BCUT2D eigenvalue weighted by Gasteiger charge is -2.28. The largest absolute Gasteiger partial charge is 0.481 e. The number of benzene rings is 1. The second kappa shape index (κ2) is 19.7. The van der Waals surface area contributed by atoms with Gasteiger partial charge in [-0.25, -0.2) is 0 Å². The number of ether oxygens (including phenoxy) is 2. The molecule has 1 unspecified atom stereocenters. The molecular formula is C26H44O6S. The van der Waals surface area contributed by atoms with E-state index in [1.165, 1.54) is 0 Å². The Morgan fingerprint density at radius 1 is 1.00 bits per heavy atom. The standard InChI is InChI=1S/C22H32O4S.2C2H6O/c1-21(2,17-27-15-14-24)11-4-5-12-22(3,20(25)26)19-10-6-8-18(16-19)9-7-13-23;2*1-3-2/h6,8,10,13-14,16H,4-5,7,9,11-12,15,17H2,1-3H3,(H,25,26);2*1-2H3. The van der Waals surface area contributed by atoms with Crippen molar-refractivity contribution >= 4 is 30.3 Å². The maximum Gasteiger partial charge on any atom is 0.313 e. The van der Waals surface area contributed by atoms with Crippen LogP contribution in [-0.2, 0) is 35.7 Å². The molecule has 0 aromatic heterocycles. The van der Waals surface area contributed by atoms with Crippen LogP contribution in [0.4, 0.5) is 0 Å². The van der Waals surface area contributed by atoms with Gasteiger partial charge in [0.2, 0.25) is 0 Å². The summed E-state index contributed by atoms with van der Waals surface area (Å²) in [6, 6.07) is 7.62. The summed E-state index contributed by atoms with van der Waals surface area (Å²) >= 11 is 1.65. The molecule has 0 saturated carbocycles. The molecule has 6 nitrogen and oxygen atoms in total. The quantitative estimate of drug-likeness (QED) is 0.286. The molecule has 1 aromatic rings. The summed E-state index contributed by atoms with van der Waals surface area (Å²) in [5.74, 6) is 0.651. The second-order valence-corrected chi connectivity index (χ2v) is 9.94. The molecular weight excluding hydrogens is 440 g/mol. The van der Waals surface area contributed by atoms with Crippen molar-refractivity contribution in [1.82, 2.24) is 0 Å². The van der Waals surface area contributed by atoms with Gasteiger partial charge in [-0.1, -0.05) is 51.0 Å². The normalized spacial score (nSPS) is 12.3. The molecule has 1 N–H and O–H groups in total. The first-order valence-corrected chi connectivity index (χ1v) is 12.3. The molecule has 0 radical (unpaired) electrons. The minimum absolute atomic E-state index is 0.141. The Labute approximate surface area is 204 Å². The van der Waals surface area contributed by atoms with Crippen molar-refractivity contribution in [2.45, 2.75) is 64.7 Å². The molecule has 1 atom stereocenters. The number of methoxy groups -OCH3 is 2. The van der Waals surface area contributed by atoms with Gasteiger partial charge in [-0.15, -0.1) is 0 Å². The van der Waals surface area contributed by atoms with Crippen LogP contribution < -0.4 is 0 Å². The highest BCUT2D eigenvalue weighted by Crippen LogP contribution is 2.33.